The summed E-state index contributed by atoms with van der Waals surface area (Å²) in [6.45, 7) is 2.77. The second-order valence-corrected chi connectivity index (χ2v) is 4.73. The molecule has 92 valence electrons. The predicted molar refractivity (Wildman–Crippen MR) is 69.9 cm³/mol. The lowest BCUT2D eigenvalue weighted by molar-refractivity contribution is 0.101. The maximum absolute atomic E-state index is 12.2. The van der Waals surface area contributed by atoms with Crippen LogP contribution in [0.25, 0.3) is 10.2 Å². The highest BCUT2D eigenvalue weighted by Gasteiger charge is 2.16. The van der Waals surface area contributed by atoms with Crippen LogP contribution in [-0.2, 0) is 6.54 Å². The minimum atomic E-state index is -0.172. The highest BCUT2D eigenvalue weighted by Crippen LogP contribution is 2.25. The van der Waals surface area contributed by atoms with Crippen molar-refractivity contribution in [2.24, 2.45) is 0 Å². The molecule has 0 bridgehead atoms. The van der Waals surface area contributed by atoms with Gasteiger partial charge in [-0.2, -0.15) is 0 Å². The average Bonchev–Trinajstić information content (AvgIpc) is 3.03. The Bertz CT molecular complexity index is 681. The second-order valence-electron chi connectivity index (χ2n) is 3.78. The fourth-order valence-electron chi connectivity index (χ4n) is 1.96. The molecule has 0 fully saturated rings. The number of nitrogens with one attached hydrogen (secondary N) is 1. The highest BCUT2D eigenvalue weighted by atomic mass is 32.1. The zero-order valence-electron chi connectivity index (χ0n) is 9.71. The first-order valence-corrected chi connectivity index (χ1v) is 6.46. The van der Waals surface area contributed by atoms with Crippen molar-refractivity contribution in [3.05, 3.63) is 35.5 Å². The number of carbonyl (C=O) groups excluding carboxylic acids is 1. The van der Waals surface area contributed by atoms with E-state index in [9.17, 15) is 4.79 Å². The van der Waals surface area contributed by atoms with E-state index in [0.29, 0.717) is 11.5 Å². The highest BCUT2D eigenvalue weighted by molar-refractivity contribution is 7.17. The Labute approximate surface area is 107 Å². The van der Waals surface area contributed by atoms with Gasteiger partial charge in [-0.1, -0.05) is 5.16 Å². The van der Waals surface area contributed by atoms with Gasteiger partial charge in [0.05, 0.1) is 10.2 Å². The molecule has 0 aliphatic carbocycles. The van der Waals surface area contributed by atoms with Gasteiger partial charge >= 0.3 is 0 Å². The number of amides is 1. The van der Waals surface area contributed by atoms with E-state index in [0.717, 1.165) is 16.8 Å². The van der Waals surface area contributed by atoms with Crippen molar-refractivity contribution in [1.29, 1.82) is 0 Å². The zero-order chi connectivity index (χ0) is 12.5. The van der Waals surface area contributed by atoms with Crippen LogP contribution >= 0.6 is 11.3 Å². The Kier molecular flexibility index (Phi) is 2.64. The number of hydrogen-bond donors (Lipinski definition) is 1. The van der Waals surface area contributed by atoms with Crippen LogP contribution in [0.3, 0.4) is 0 Å². The molecule has 0 saturated carbocycles. The quantitative estimate of drug-likeness (QED) is 0.788. The smallest absolute Gasteiger partial charge is 0.273 e. The van der Waals surface area contributed by atoms with Gasteiger partial charge in [-0.05, 0) is 24.4 Å². The SMILES string of the molecule is CCn1c(C(=O)Nc2ccon2)cc2sccc21. The number of hydrogen-bond acceptors (Lipinski definition) is 4. The lowest BCUT2D eigenvalue weighted by Gasteiger charge is -2.06. The van der Waals surface area contributed by atoms with Crippen LogP contribution in [0.2, 0.25) is 0 Å². The van der Waals surface area contributed by atoms with Crippen LogP contribution in [0.5, 0.6) is 0 Å². The van der Waals surface area contributed by atoms with E-state index in [1.54, 1.807) is 17.4 Å². The summed E-state index contributed by atoms with van der Waals surface area (Å²) < 4.78 is 7.78. The van der Waals surface area contributed by atoms with E-state index < -0.39 is 0 Å². The molecule has 0 unspecified atom stereocenters. The fourth-order valence-corrected chi connectivity index (χ4v) is 2.79. The van der Waals surface area contributed by atoms with Gasteiger partial charge in [0.1, 0.15) is 12.0 Å². The van der Waals surface area contributed by atoms with Crippen molar-refractivity contribution in [3.63, 3.8) is 0 Å². The lowest BCUT2D eigenvalue weighted by atomic mass is 10.4. The van der Waals surface area contributed by atoms with Gasteiger partial charge in [-0.3, -0.25) is 4.79 Å². The number of anilines is 1. The molecule has 0 atom stereocenters. The summed E-state index contributed by atoms with van der Waals surface area (Å²) in [5.41, 5.74) is 1.73. The van der Waals surface area contributed by atoms with Crippen molar-refractivity contribution in [2.45, 2.75) is 13.5 Å². The molecule has 3 rings (SSSR count). The summed E-state index contributed by atoms with van der Waals surface area (Å²) in [6, 6.07) is 5.54. The third kappa shape index (κ3) is 1.70. The first kappa shape index (κ1) is 11.0. The molecule has 0 aliphatic heterocycles. The molecule has 0 spiro atoms. The summed E-state index contributed by atoms with van der Waals surface area (Å²) in [5.74, 6) is 0.251. The number of fused-ring (bicyclic) bond motifs is 1. The summed E-state index contributed by atoms with van der Waals surface area (Å²) in [6.07, 6.45) is 1.42. The average molecular weight is 261 g/mol. The Hall–Kier alpha value is -2.08. The number of rotatable bonds is 3. The minimum Gasteiger partial charge on any atom is -0.363 e. The Morgan fingerprint density at radius 1 is 1.56 bits per heavy atom. The van der Waals surface area contributed by atoms with Crippen LogP contribution in [0.1, 0.15) is 17.4 Å². The van der Waals surface area contributed by atoms with Gasteiger partial charge in [-0.25, -0.2) is 0 Å². The van der Waals surface area contributed by atoms with Gasteiger partial charge in [0.15, 0.2) is 5.82 Å². The molecule has 3 aromatic rings. The van der Waals surface area contributed by atoms with Gasteiger partial charge in [0.25, 0.3) is 5.91 Å². The van der Waals surface area contributed by atoms with E-state index in [1.165, 1.54) is 6.26 Å². The Morgan fingerprint density at radius 2 is 2.44 bits per heavy atom. The summed E-state index contributed by atoms with van der Waals surface area (Å²) in [7, 11) is 0. The van der Waals surface area contributed by atoms with E-state index in [4.69, 9.17) is 0 Å². The third-order valence-electron chi connectivity index (χ3n) is 2.75. The molecule has 0 saturated heterocycles. The van der Waals surface area contributed by atoms with Crippen molar-refractivity contribution in [3.8, 4) is 0 Å². The molecule has 0 radical (unpaired) electrons. The topological polar surface area (TPSA) is 60.1 Å². The van der Waals surface area contributed by atoms with E-state index in [-0.39, 0.29) is 5.91 Å². The van der Waals surface area contributed by atoms with Gasteiger partial charge in [0.2, 0.25) is 0 Å². The Morgan fingerprint density at radius 3 is 3.17 bits per heavy atom. The summed E-state index contributed by atoms with van der Waals surface area (Å²) >= 11 is 1.63. The largest absolute Gasteiger partial charge is 0.363 e. The number of aryl methyl sites for hydroxylation is 1. The molecule has 5 nitrogen and oxygen atoms in total. The van der Waals surface area contributed by atoms with Gasteiger partial charge < -0.3 is 14.4 Å². The molecule has 0 aliphatic rings. The Balaban J connectivity index is 1.97. The summed E-state index contributed by atoms with van der Waals surface area (Å²) in [4.78, 5) is 12.2. The van der Waals surface area contributed by atoms with Crippen LogP contribution < -0.4 is 5.32 Å². The molecule has 3 aromatic heterocycles. The number of thiophene rings is 1. The standard InChI is InChI=1S/C12H11N3O2S/c1-2-15-8-4-6-18-10(8)7-9(15)12(16)13-11-3-5-17-14-11/h3-7H,2H2,1H3,(H,13,14,16). The number of nitrogens with zero attached hydrogens (tertiary/aromatic N) is 2. The molecule has 1 N–H and O–H groups in total. The van der Waals surface area contributed by atoms with Crippen molar-refractivity contribution >= 4 is 33.3 Å². The first-order valence-electron chi connectivity index (χ1n) is 5.58. The maximum Gasteiger partial charge on any atom is 0.273 e. The lowest BCUT2D eigenvalue weighted by Crippen LogP contribution is -2.16. The number of aromatic nitrogens is 2. The molecule has 0 aromatic carbocycles. The van der Waals surface area contributed by atoms with E-state index >= 15 is 0 Å². The molecule has 18 heavy (non-hydrogen) atoms. The predicted octanol–water partition coefficient (Wildman–Crippen LogP) is 2.96. The van der Waals surface area contributed by atoms with Crippen molar-refractivity contribution < 1.29 is 9.32 Å². The molecular weight excluding hydrogens is 250 g/mol. The monoisotopic (exact) mass is 261 g/mol. The van der Waals surface area contributed by atoms with Crippen molar-refractivity contribution in [1.82, 2.24) is 9.72 Å². The second kappa shape index (κ2) is 4.30. The normalized spacial score (nSPS) is 10.9. The molecular formula is C12H11N3O2S. The zero-order valence-corrected chi connectivity index (χ0v) is 10.5. The van der Waals surface area contributed by atoms with Crippen LogP contribution in [0.15, 0.2) is 34.4 Å². The number of carbonyl (C=O) groups is 1. The van der Waals surface area contributed by atoms with Crippen LogP contribution in [0.4, 0.5) is 5.82 Å². The third-order valence-corrected chi connectivity index (χ3v) is 3.60. The van der Waals surface area contributed by atoms with Crippen LogP contribution in [-0.4, -0.2) is 15.6 Å². The maximum atomic E-state index is 12.2. The van der Waals surface area contributed by atoms with E-state index in [1.807, 2.05) is 29.0 Å². The molecule has 6 heteroatoms. The fraction of sp³-hybridized carbons (Fsp3) is 0.167. The molecule has 1 amide bonds. The van der Waals surface area contributed by atoms with Gasteiger partial charge in [-0.15, -0.1) is 11.3 Å². The van der Waals surface area contributed by atoms with E-state index in [2.05, 4.69) is 15.0 Å². The summed E-state index contributed by atoms with van der Waals surface area (Å²) in [5, 5.41) is 8.39. The van der Waals surface area contributed by atoms with Crippen molar-refractivity contribution in [2.75, 3.05) is 5.32 Å². The van der Waals surface area contributed by atoms with Gasteiger partial charge in [0, 0.05) is 12.6 Å². The van der Waals surface area contributed by atoms with Crippen LogP contribution in [0, 0.1) is 0 Å². The first-order chi connectivity index (χ1) is 8.79. The minimum absolute atomic E-state index is 0.172. The molecule has 3 heterocycles.